The Morgan fingerprint density at radius 2 is 1.75 bits per heavy atom. The van der Waals surface area contributed by atoms with E-state index < -0.39 is 18.1 Å². The third kappa shape index (κ3) is 1.76. The van der Waals surface area contributed by atoms with Gasteiger partial charge in [-0.3, -0.25) is 5.21 Å². The molecule has 0 atom stereocenters. The lowest BCUT2D eigenvalue weighted by Gasteiger charge is -1.91. The Labute approximate surface area is 45.7 Å². The third-order valence-electron chi connectivity index (χ3n) is 0.636. The molecule has 0 unspecified atom stereocenters. The van der Waals surface area contributed by atoms with Gasteiger partial charge in [-0.25, -0.2) is 0 Å². The molecule has 5 nitrogen and oxygen atoms in total. The van der Waals surface area contributed by atoms with Gasteiger partial charge in [-0.1, -0.05) is 0 Å². The standard InChI is InChI=1S/C3H7NO4/c5-1-3(2-6)4(7)8/h5-6H,1-2H2,(H,7,8). The first-order chi connectivity index (χ1) is 3.72. The number of hydrogen-bond acceptors (Lipinski definition) is 4. The topological polar surface area (TPSA) is 86.8 Å². The molecule has 0 aliphatic heterocycles. The number of nitrogens with zero attached hydrogens (tertiary/aromatic N) is 1. The highest BCUT2D eigenvalue weighted by molar-refractivity contribution is 5.81. The first-order valence-electron chi connectivity index (χ1n) is 1.95. The Morgan fingerprint density at radius 3 is 1.75 bits per heavy atom. The number of aliphatic hydroxyl groups is 2. The monoisotopic (exact) mass is 121 g/mol. The maximum atomic E-state index is 9.72. The van der Waals surface area contributed by atoms with Crippen molar-refractivity contribution in [2.24, 2.45) is 0 Å². The number of rotatable bonds is 2. The van der Waals surface area contributed by atoms with E-state index in [0.29, 0.717) is 0 Å². The minimum Gasteiger partial charge on any atom is -0.417 e. The second-order valence-corrected chi connectivity index (χ2v) is 1.16. The lowest BCUT2D eigenvalue weighted by atomic mass is 10.4. The molecule has 3 N–H and O–H groups in total. The van der Waals surface area contributed by atoms with Crippen molar-refractivity contribution in [1.82, 2.24) is 0 Å². The molecule has 0 aromatic carbocycles. The van der Waals surface area contributed by atoms with E-state index in [1.54, 1.807) is 0 Å². The molecule has 8 heavy (non-hydrogen) atoms. The minimum absolute atomic E-state index is 0.370. The van der Waals surface area contributed by atoms with Crippen LogP contribution in [0.15, 0.2) is 0 Å². The van der Waals surface area contributed by atoms with E-state index in [9.17, 15) is 5.21 Å². The average Bonchev–Trinajstić information content (AvgIpc) is 1.69. The molecule has 0 amide bonds. The molecule has 5 heteroatoms. The highest BCUT2D eigenvalue weighted by atomic mass is 16.8. The minimum atomic E-state index is -0.628. The summed E-state index contributed by atoms with van der Waals surface area (Å²) in [5.74, 6) is 0. The van der Waals surface area contributed by atoms with Crippen LogP contribution in [0.2, 0.25) is 0 Å². The molecule has 0 heterocycles. The van der Waals surface area contributed by atoms with Crippen molar-refractivity contribution in [3.8, 4) is 0 Å². The van der Waals surface area contributed by atoms with E-state index in [1.165, 1.54) is 0 Å². The predicted molar refractivity (Wildman–Crippen MR) is 24.6 cm³/mol. The lowest BCUT2D eigenvalue weighted by Crippen LogP contribution is -2.20. The van der Waals surface area contributed by atoms with E-state index >= 15 is 0 Å². The van der Waals surface area contributed by atoms with Gasteiger partial charge >= 0.3 is 0 Å². The maximum absolute atomic E-state index is 9.72. The molecule has 0 aromatic heterocycles. The second-order valence-electron chi connectivity index (χ2n) is 1.16. The molecular weight excluding hydrogens is 114 g/mol. The van der Waals surface area contributed by atoms with Crippen molar-refractivity contribution in [3.63, 3.8) is 0 Å². The van der Waals surface area contributed by atoms with Crippen LogP contribution >= 0.6 is 0 Å². The first-order valence-corrected chi connectivity index (χ1v) is 1.95. The Balaban J connectivity index is 3.86. The van der Waals surface area contributed by atoms with Crippen molar-refractivity contribution in [2.45, 2.75) is 0 Å². The Hall–Kier alpha value is -0.810. The molecule has 48 valence electrons. The van der Waals surface area contributed by atoms with E-state index in [2.05, 4.69) is 0 Å². The molecule has 0 radical (unpaired) electrons. The molecule has 0 rings (SSSR count). The fourth-order valence-corrected chi connectivity index (χ4v) is 0.171. The number of hydrogen-bond donors (Lipinski definition) is 3. The summed E-state index contributed by atoms with van der Waals surface area (Å²) in [6.45, 7) is -1.26. The number of aliphatic hydroxyl groups excluding tert-OH is 2. The van der Waals surface area contributed by atoms with Gasteiger partial charge < -0.3 is 15.4 Å². The van der Waals surface area contributed by atoms with Crippen molar-refractivity contribution >= 4 is 5.71 Å². The van der Waals surface area contributed by atoms with Gasteiger partial charge in [-0.2, -0.15) is 0 Å². The van der Waals surface area contributed by atoms with Crippen LogP contribution in [0.4, 0.5) is 0 Å². The molecule has 0 fully saturated rings. The average molecular weight is 121 g/mol. The zero-order valence-electron chi connectivity index (χ0n) is 4.11. The summed E-state index contributed by atoms with van der Waals surface area (Å²) in [5.41, 5.74) is -0.370. The quantitative estimate of drug-likeness (QED) is 0.176. The molecular formula is C3H7NO4. The summed E-state index contributed by atoms with van der Waals surface area (Å²) in [4.78, 5) is -0.556. The van der Waals surface area contributed by atoms with Gasteiger partial charge in [0.2, 0.25) is 0 Å². The summed E-state index contributed by atoms with van der Waals surface area (Å²) in [5, 5.41) is 33.8. The fraction of sp³-hybridized carbons (Fsp3) is 0.667. The highest BCUT2D eigenvalue weighted by Crippen LogP contribution is 1.70. The summed E-state index contributed by atoms with van der Waals surface area (Å²) in [7, 11) is 0. The lowest BCUT2D eigenvalue weighted by molar-refractivity contribution is -0.727. The van der Waals surface area contributed by atoms with Crippen LogP contribution in [-0.4, -0.2) is 39.2 Å². The zero-order valence-corrected chi connectivity index (χ0v) is 4.11. The Morgan fingerprint density at radius 1 is 1.38 bits per heavy atom. The third-order valence-corrected chi connectivity index (χ3v) is 0.636. The summed E-state index contributed by atoms with van der Waals surface area (Å²) >= 11 is 0. The van der Waals surface area contributed by atoms with Gasteiger partial charge in [0.15, 0.2) is 0 Å². The van der Waals surface area contributed by atoms with Crippen LogP contribution in [0.5, 0.6) is 0 Å². The predicted octanol–water partition coefficient (Wildman–Crippen LogP) is -1.69. The van der Waals surface area contributed by atoms with Crippen LogP contribution < -0.4 is 0 Å². The Bertz CT molecular complexity index is 89.5. The van der Waals surface area contributed by atoms with Gasteiger partial charge in [-0.05, 0) is 0 Å². The molecule has 0 aliphatic rings. The fourth-order valence-electron chi connectivity index (χ4n) is 0.171. The summed E-state index contributed by atoms with van der Waals surface area (Å²) < 4.78 is 0. The van der Waals surface area contributed by atoms with E-state index in [4.69, 9.17) is 15.4 Å². The molecule has 0 aliphatic carbocycles. The van der Waals surface area contributed by atoms with Crippen LogP contribution in [-0.2, 0) is 0 Å². The van der Waals surface area contributed by atoms with Crippen molar-refractivity contribution in [3.05, 3.63) is 5.21 Å². The van der Waals surface area contributed by atoms with Crippen LogP contribution in [0.25, 0.3) is 0 Å². The van der Waals surface area contributed by atoms with Crippen molar-refractivity contribution < 1.29 is 20.3 Å². The van der Waals surface area contributed by atoms with Crippen LogP contribution in [0, 0.1) is 5.21 Å². The van der Waals surface area contributed by atoms with Gasteiger partial charge in [0.25, 0.3) is 5.71 Å². The molecule has 0 saturated heterocycles. The molecule has 0 bridgehead atoms. The maximum Gasteiger partial charge on any atom is 0.271 e. The second kappa shape index (κ2) is 3.23. The SMILES string of the molecule is [O-][N+](O)=C(CO)CO. The van der Waals surface area contributed by atoms with Gasteiger partial charge in [0.05, 0.1) is 0 Å². The molecule has 0 aromatic rings. The van der Waals surface area contributed by atoms with Gasteiger partial charge in [0, 0.05) is 4.90 Å². The van der Waals surface area contributed by atoms with Crippen LogP contribution in [0.1, 0.15) is 0 Å². The van der Waals surface area contributed by atoms with E-state index in [1.807, 2.05) is 0 Å². The zero-order chi connectivity index (χ0) is 6.57. The van der Waals surface area contributed by atoms with E-state index in [0.717, 1.165) is 0 Å². The molecule has 0 spiro atoms. The molecule has 0 saturated carbocycles. The highest BCUT2D eigenvalue weighted by Gasteiger charge is 2.04. The van der Waals surface area contributed by atoms with Gasteiger partial charge in [0.1, 0.15) is 13.2 Å². The van der Waals surface area contributed by atoms with Gasteiger partial charge in [-0.15, -0.1) is 0 Å². The van der Waals surface area contributed by atoms with Crippen molar-refractivity contribution in [1.29, 1.82) is 0 Å². The normalized spacial score (nSPS) is 8.75. The van der Waals surface area contributed by atoms with Crippen LogP contribution in [0.3, 0.4) is 0 Å². The van der Waals surface area contributed by atoms with Crippen molar-refractivity contribution in [2.75, 3.05) is 13.2 Å². The Kier molecular flexibility index (Phi) is 2.90. The first kappa shape index (κ1) is 7.19. The summed E-state index contributed by atoms with van der Waals surface area (Å²) in [6, 6.07) is 0. The smallest absolute Gasteiger partial charge is 0.271 e. The van der Waals surface area contributed by atoms with E-state index in [-0.39, 0.29) is 5.71 Å². The largest absolute Gasteiger partial charge is 0.417 e. The summed E-state index contributed by atoms with van der Waals surface area (Å²) in [6.07, 6.45) is 0.